The number of hydrogen-bond donors (Lipinski definition) is 2. The van der Waals surface area contributed by atoms with E-state index < -0.39 is 0 Å². The predicted molar refractivity (Wildman–Crippen MR) is 93.3 cm³/mol. The van der Waals surface area contributed by atoms with Crippen LogP contribution in [-0.2, 0) is 11.3 Å². The van der Waals surface area contributed by atoms with Crippen LogP contribution in [0.2, 0.25) is 0 Å². The number of hydrogen-bond acceptors (Lipinski definition) is 5. The number of nitrogens with zero attached hydrogens (tertiary/aromatic N) is 1. The molecule has 0 aliphatic heterocycles. The molecule has 0 aliphatic rings. The fraction of sp³-hybridized carbons (Fsp3) is 0.235. The van der Waals surface area contributed by atoms with Gasteiger partial charge in [-0.2, -0.15) is 0 Å². The molecule has 2 heterocycles. The van der Waals surface area contributed by atoms with Crippen LogP contribution in [0.3, 0.4) is 0 Å². The highest BCUT2D eigenvalue weighted by atomic mass is 32.1. The number of aryl methyl sites for hydroxylation is 2. The summed E-state index contributed by atoms with van der Waals surface area (Å²) in [6.45, 7) is 5.69. The second-order valence-electron chi connectivity index (χ2n) is 5.53. The van der Waals surface area contributed by atoms with Crippen molar-refractivity contribution in [3.05, 3.63) is 46.9 Å². The third-order valence-electron chi connectivity index (χ3n) is 3.56. The highest BCUT2D eigenvalue weighted by Crippen LogP contribution is 2.31. The molecule has 2 amide bonds. The van der Waals surface area contributed by atoms with Crippen LogP contribution in [0.25, 0.3) is 10.2 Å². The Morgan fingerprint density at radius 1 is 1.17 bits per heavy atom. The van der Waals surface area contributed by atoms with E-state index in [1.165, 1.54) is 18.3 Å². The van der Waals surface area contributed by atoms with Gasteiger partial charge >= 0.3 is 0 Å². The third kappa shape index (κ3) is 3.30. The zero-order valence-corrected chi connectivity index (χ0v) is 14.4. The van der Waals surface area contributed by atoms with Gasteiger partial charge in [0, 0.05) is 6.92 Å². The maximum absolute atomic E-state index is 12.3. The van der Waals surface area contributed by atoms with Crippen LogP contribution in [0.1, 0.15) is 34.4 Å². The largest absolute Gasteiger partial charge is 0.454 e. The number of fused-ring (bicyclic) bond motifs is 1. The molecule has 0 radical (unpaired) electrons. The predicted octanol–water partition coefficient (Wildman–Crippen LogP) is 3.39. The quantitative estimate of drug-likeness (QED) is 0.760. The van der Waals surface area contributed by atoms with Gasteiger partial charge in [0.1, 0.15) is 5.76 Å². The molecule has 7 heteroatoms. The highest BCUT2D eigenvalue weighted by Gasteiger charge is 2.15. The Bertz CT molecular complexity index is 887. The van der Waals surface area contributed by atoms with E-state index in [2.05, 4.69) is 15.6 Å². The molecular formula is C17H17N3O3S. The Kier molecular flexibility index (Phi) is 4.35. The second kappa shape index (κ2) is 6.45. The van der Waals surface area contributed by atoms with E-state index in [0.717, 1.165) is 21.3 Å². The van der Waals surface area contributed by atoms with E-state index in [4.69, 9.17) is 4.42 Å². The van der Waals surface area contributed by atoms with Crippen molar-refractivity contribution in [3.8, 4) is 0 Å². The van der Waals surface area contributed by atoms with Gasteiger partial charge in [-0.05, 0) is 37.1 Å². The molecule has 2 aromatic heterocycles. The number of furan rings is 1. The van der Waals surface area contributed by atoms with Crippen molar-refractivity contribution in [2.24, 2.45) is 0 Å². The summed E-state index contributed by atoms with van der Waals surface area (Å²) >= 11 is 1.44. The Hall–Kier alpha value is -2.67. The van der Waals surface area contributed by atoms with Crippen molar-refractivity contribution in [3.63, 3.8) is 0 Å². The van der Waals surface area contributed by atoms with Crippen LogP contribution in [0.5, 0.6) is 0 Å². The molecule has 6 nitrogen and oxygen atoms in total. The Labute approximate surface area is 142 Å². The summed E-state index contributed by atoms with van der Waals surface area (Å²) in [4.78, 5) is 27.7. The van der Waals surface area contributed by atoms with Gasteiger partial charge in [-0.1, -0.05) is 23.5 Å². The summed E-state index contributed by atoms with van der Waals surface area (Å²) < 4.78 is 6.51. The zero-order chi connectivity index (χ0) is 17.3. The molecule has 24 heavy (non-hydrogen) atoms. The van der Waals surface area contributed by atoms with Gasteiger partial charge in [-0.3, -0.25) is 14.9 Å². The Balaban J connectivity index is 1.76. The molecule has 0 saturated heterocycles. The van der Waals surface area contributed by atoms with Crippen LogP contribution < -0.4 is 10.6 Å². The lowest BCUT2D eigenvalue weighted by atomic mass is 10.1. The summed E-state index contributed by atoms with van der Waals surface area (Å²) in [6.07, 6.45) is 0. The first-order valence-corrected chi connectivity index (χ1v) is 8.27. The Morgan fingerprint density at radius 3 is 2.62 bits per heavy atom. The summed E-state index contributed by atoms with van der Waals surface area (Å²) in [5, 5.41) is 5.92. The number of anilines is 1. The summed E-state index contributed by atoms with van der Waals surface area (Å²) in [5.41, 5.74) is 3.10. The van der Waals surface area contributed by atoms with Crippen molar-refractivity contribution < 1.29 is 14.0 Å². The average molecular weight is 343 g/mol. The normalized spacial score (nSPS) is 10.8. The number of carbonyl (C=O) groups excluding carboxylic acids is 2. The fourth-order valence-electron chi connectivity index (χ4n) is 2.28. The van der Waals surface area contributed by atoms with Crippen LogP contribution >= 0.6 is 11.3 Å². The number of benzene rings is 1. The number of thiazole rings is 1. The molecule has 1 aromatic carbocycles. The molecule has 124 valence electrons. The van der Waals surface area contributed by atoms with Gasteiger partial charge in [0.15, 0.2) is 10.9 Å². The molecule has 0 saturated carbocycles. The molecule has 0 aliphatic carbocycles. The first-order chi connectivity index (χ1) is 11.4. The minimum absolute atomic E-state index is 0.155. The number of carbonyl (C=O) groups is 2. The summed E-state index contributed by atoms with van der Waals surface area (Å²) in [6, 6.07) is 7.31. The first-order valence-electron chi connectivity index (χ1n) is 7.45. The molecule has 3 rings (SSSR count). The fourth-order valence-corrected chi connectivity index (χ4v) is 3.28. The lowest BCUT2D eigenvalue weighted by molar-refractivity contribution is -0.119. The van der Waals surface area contributed by atoms with E-state index in [9.17, 15) is 9.59 Å². The molecule has 0 spiro atoms. The number of aromatic nitrogens is 1. The van der Waals surface area contributed by atoms with Crippen LogP contribution in [0.15, 0.2) is 28.7 Å². The lowest BCUT2D eigenvalue weighted by Crippen LogP contribution is -2.18. The van der Waals surface area contributed by atoms with Gasteiger partial charge in [0.05, 0.1) is 16.8 Å². The van der Waals surface area contributed by atoms with Crippen molar-refractivity contribution >= 4 is 38.5 Å². The lowest BCUT2D eigenvalue weighted by Gasteiger charge is -1.99. The van der Waals surface area contributed by atoms with Crippen molar-refractivity contribution in [2.45, 2.75) is 27.3 Å². The van der Waals surface area contributed by atoms with E-state index in [1.807, 2.05) is 26.0 Å². The van der Waals surface area contributed by atoms with Gasteiger partial charge in [-0.15, -0.1) is 0 Å². The van der Waals surface area contributed by atoms with E-state index >= 15 is 0 Å². The van der Waals surface area contributed by atoms with Crippen molar-refractivity contribution in [2.75, 3.05) is 5.32 Å². The molecule has 0 fully saturated rings. The molecule has 0 atom stereocenters. The van der Waals surface area contributed by atoms with Gasteiger partial charge in [0.25, 0.3) is 5.91 Å². The zero-order valence-electron chi connectivity index (χ0n) is 13.6. The van der Waals surface area contributed by atoms with Gasteiger partial charge in [0.2, 0.25) is 5.91 Å². The van der Waals surface area contributed by atoms with Crippen LogP contribution in [0.4, 0.5) is 5.13 Å². The van der Waals surface area contributed by atoms with Gasteiger partial charge < -0.3 is 9.73 Å². The maximum Gasteiger partial charge on any atom is 0.293 e. The van der Waals surface area contributed by atoms with Crippen molar-refractivity contribution in [1.29, 1.82) is 0 Å². The first kappa shape index (κ1) is 16.2. The maximum atomic E-state index is 12.3. The standard InChI is InChI=1S/C17H17N3O3S/c1-9-4-5-10(2)15-14(9)19-17(24-15)20-16(22)13-7-6-12(23-13)8-18-11(3)21/h4-7H,8H2,1-3H3,(H,18,21)(H,19,20,22). The molecule has 2 N–H and O–H groups in total. The number of rotatable bonds is 4. The van der Waals surface area contributed by atoms with Crippen LogP contribution in [0, 0.1) is 13.8 Å². The van der Waals surface area contributed by atoms with Crippen LogP contribution in [-0.4, -0.2) is 16.8 Å². The minimum atomic E-state index is -0.363. The highest BCUT2D eigenvalue weighted by molar-refractivity contribution is 7.22. The second-order valence-corrected chi connectivity index (χ2v) is 6.53. The summed E-state index contributed by atoms with van der Waals surface area (Å²) in [7, 11) is 0. The smallest absolute Gasteiger partial charge is 0.293 e. The third-order valence-corrected chi connectivity index (χ3v) is 4.67. The summed E-state index contributed by atoms with van der Waals surface area (Å²) in [5.74, 6) is 0.186. The topological polar surface area (TPSA) is 84.2 Å². The molecular weight excluding hydrogens is 326 g/mol. The molecule has 0 bridgehead atoms. The SMILES string of the molecule is CC(=O)NCc1ccc(C(=O)Nc2nc3c(C)ccc(C)c3s2)o1. The minimum Gasteiger partial charge on any atom is -0.454 e. The Morgan fingerprint density at radius 2 is 1.92 bits per heavy atom. The number of amides is 2. The van der Waals surface area contributed by atoms with E-state index in [0.29, 0.717) is 10.9 Å². The van der Waals surface area contributed by atoms with Crippen molar-refractivity contribution in [1.82, 2.24) is 10.3 Å². The molecule has 0 unspecified atom stereocenters. The van der Waals surface area contributed by atoms with Gasteiger partial charge in [-0.25, -0.2) is 4.98 Å². The molecule has 3 aromatic rings. The van der Waals surface area contributed by atoms with E-state index in [1.54, 1.807) is 12.1 Å². The average Bonchev–Trinajstić information content (AvgIpc) is 3.16. The monoisotopic (exact) mass is 343 g/mol. The van der Waals surface area contributed by atoms with E-state index in [-0.39, 0.29) is 24.1 Å². The number of nitrogens with one attached hydrogen (secondary N) is 2.